The molecule has 2 nitrogen and oxygen atoms in total. The van der Waals surface area contributed by atoms with Crippen molar-refractivity contribution in [2.24, 2.45) is 0 Å². The van der Waals surface area contributed by atoms with Gasteiger partial charge >= 0.3 is 0 Å². The molecule has 0 saturated carbocycles. The highest BCUT2D eigenvalue weighted by molar-refractivity contribution is 7.04. The Labute approximate surface area is 387 Å². The molecule has 3 heteroatoms. The number of fused-ring (bicyclic) bond motifs is 11. The predicted molar refractivity (Wildman–Crippen MR) is 284 cm³/mol. The van der Waals surface area contributed by atoms with Crippen LogP contribution in [0, 0.1) is 0 Å². The standard InChI is InChI=1S/C63H48N2Si/c1-63(2)56-27-13-11-25-50(56)51-32-31-49(39-57(51)63)64(47-23-15-19-42(35-47)41-17-7-5-8-18-41)48-24-16-20-43(36-48)44-29-33-58-54(37-44)55-40-53-45(38-59(55)65(58)46-21-9-6-10-22-46)30-34-61-62(53)52-26-12-14-28-60(52)66(61,3)4/h5-40H,1-4H3. The fraction of sp³-hybridized carbons (Fsp3) is 0.0794. The molecule has 1 aliphatic carbocycles. The van der Waals surface area contributed by atoms with E-state index in [-0.39, 0.29) is 5.41 Å². The van der Waals surface area contributed by atoms with Crippen molar-refractivity contribution in [1.29, 1.82) is 0 Å². The lowest BCUT2D eigenvalue weighted by Crippen LogP contribution is -2.49. The quantitative estimate of drug-likeness (QED) is 0.151. The maximum atomic E-state index is 2.51. The van der Waals surface area contributed by atoms with Gasteiger partial charge in [0.25, 0.3) is 0 Å². The van der Waals surface area contributed by atoms with Crippen molar-refractivity contribution in [2.75, 3.05) is 4.90 Å². The van der Waals surface area contributed by atoms with Crippen LogP contribution in [-0.4, -0.2) is 12.6 Å². The molecule has 2 heterocycles. The Balaban J connectivity index is 1.00. The molecule has 66 heavy (non-hydrogen) atoms. The van der Waals surface area contributed by atoms with Gasteiger partial charge in [-0.3, -0.25) is 0 Å². The van der Waals surface area contributed by atoms with Gasteiger partial charge in [0.15, 0.2) is 0 Å². The molecule has 314 valence electrons. The molecule has 0 radical (unpaired) electrons. The zero-order valence-corrected chi connectivity index (χ0v) is 38.7. The number of benzene rings is 10. The topological polar surface area (TPSA) is 8.17 Å². The molecule has 0 fully saturated rings. The Bertz CT molecular complexity index is 3760. The number of para-hydroxylation sites is 1. The van der Waals surface area contributed by atoms with Gasteiger partial charge in [-0.05, 0) is 150 Å². The third-order valence-electron chi connectivity index (χ3n) is 14.9. The van der Waals surface area contributed by atoms with Gasteiger partial charge in [-0.2, -0.15) is 0 Å². The Morgan fingerprint density at radius 1 is 0.394 bits per heavy atom. The Hall–Kier alpha value is -7.72. The number of hydrogen-bond donors (Lipinski definition) is 0. The lowest BCUT2D eigenvalue weighted by molar-refractivity contribution is 0.660. The third kappa shape index (κ3) is 5.73. The SMILES string of the molecule is CC1(C)c2ccccc2-c2ccc(N(c3cccc(-c4ccccc4)c3)c3cccc(-c4ccc5c(c4)c4cc6c7c(ccc6cc4n5-c4ccccc4)[Si](C)(C)c4ccccc4-7)c3)cc21. The first-order valence-corrected chi connectivity index (χ1v) is 26.3. The monoisotopic (exact) mass is 860 g/mol. The van der Waals surface area contributed by atoms with Crippen molar-refractivity contribution >= 4 is 68.1 Å². The van der Waals surface area contributed by atoms with Gasteiger partial charge in [-0.15, -0.1) is 0 Å². The fourth-order valence-corrected chi connectivity index (χ4v) is 14.7. The molecule has 11 aromatic rings. The maximum Gasteiger partial charge on any atom is 0.113 e. The van der Waals surface area contributed by atoms with Crippen LogP contribution >= 0.6 is 0 Å². The van der Waals surface area contributed by atoms with Crippen molar-refractivity contribution < 1.29 is 0 Å². The first kappa shape index (κ1) is 38.7. The van der Waals surface area contributed by atoms with Crippen molar-refractivity contribution in [2.45, 2.75) is 32.4 Å². The van der Waals surface area contributed by atoms with Crippen LogP contribution in [0.2, 0.25) is 13.1 Å². The van der Waals surface area contributed by atoms with Crippen LogP contribution in [0.5, 0.6) is 0 Å². The van der Waals surface area contributed by atoms with Gasteiger partial charge in [0, 0.05) is 38.9 Å². The molecule has 0 amide bonds. The van der Waals surface area contributed by atoms with Crippen LogP contribution in [0.25, 0.3) is 82.8 Å². The molecule has 13 rings (SSSR count). The van der Waals surface area contributed by atoms with E-state index in [4.69, 9.17) is 0 Å². The van der Waals surface area contributed by atoms with Gasteiger partial charge in [0.05, 0.1) is 11.0 Å². The van der Waals surface area contributed by atoms with E-state index in [0.717, 1.165) is 17.1 Å². The zero-order chi connectivity index (χ0) is 44.3. The van der Waals surface area contributed by atoms with Crippen molar-refractivity contribution in [3.63, 3.8) is 0 Å². The van der Waals surface area contributed by atoms with E-state index in [1.165, 1.54) is 104 Å². The average molecular weight is 861 g/mol. The summed E-state index contributed by atoms with van der Waals surface area (Å²) in [6.07, 6.45) is 0. The lowest BCUT2D eigenvalue weighted by atomic mass is 9.82. The summed E-state index contributed by atoms with van der Waals surface area (Å²) in [5.74, 6) is 0. The zero-order valence-electron chi connectivity index (χ0n) is 37.7. The maximum absolute atomic E-state index is 2.51. The number of nitrogens with zero attached hydrogens (tertiary/aromatic N) is 2. The highest BCUT2D eigenvalue weighted by atomic mass is 28.3. The van der Waals surface area contributed by atoms with Crippen LogP contribution in [0.1, 0.15) is 25.0 Å². The average Bonchev–Trinajstić information content (AvgIpc) is 3.90. The van der Waals surface area contributed by atoms with Crippen LogP contribution in [0.4, 0.5) is 17.1 Å². The molecule has 0 N–H and O–H groups in total. The van der Waals surface area contributed by atoms with Crippen molar-refractivity contribution in [3.05, 3.63) is 230 Å². The van der Waals surface area contributed by atoms with E-state index >= 15 is 0 Å². The van der Waals surface area contributed by atoms with Crippen LogP contribution in [0.15, 0.2) is 218 Å². The molecule has 0 saturated heterocycles. The van der Waals surface area contributed by atoms with Crippen molar-refractivity contribution in [3.8, 4) is 50.2 Å². The van der Waals surface area contributed by atoms with E-state index in [2.05, 4.69) is 255 Å². The number of aromatic nitrogens is 1. The van der Waals surface area contributed by atoms with Crippen LogP contribution < -0.4 is 15.3 Å². The molecule has 0 spiro atoms. The molecule has 10 aromatic carbocycles. The van der Waals surface area contributed by atoms with E-state index in [1.807, 2.05) is 0 Å². The normalized spacial score (nSPS) is 14.0. The minimum Gasteiger partial charge on any atom is -0.310 e. The van der Waals surface area contributed by atoms with Gasteiger partial charge in [0.1, 0.15) is 8.07 Å². The molecule has 0 unspecified atom stereocenters. The highest BCUT2D eigenvalue weighted by Gasteiger charge is 2.38. The second-order valence-corrected chi connectivity index (χ2v) is 23.7. The van der Waals surface area contributed by atoms with Gasteiger partial charge in [0.2, 0.25) is 0 Å². The molecule has 1 aromatic heterocycles. The summed E-state index contributed by atoms with van der Waals surface area (Å²) in [6, 6.07) is 81.7. The van der Waals surface area contributed by atoms with Gasteiger partial charge < -0.3 is 9.47 Å². The first-order valence-electron chi connectivity index (χ1n) is 23.3. The third-order valence-corrected chi connectivity index (χ3v) is 18.5. The largest absolute Gasteiger partial charge is 0.310 e. The summed E-state index contributed by atoms with van der Waals surface area (Å²) in [4.78, 5) is 2.45. The number of hydrogen-bond acceptors (Lipinski definition) is 1. The second kappa shape index (κ2) is 14.4. The Kier molecular flexibility index (Phi) is 8.44. The summed E-state index contributed by atoms with van der Waals surface area (Å²) < 4.78 is 2.46. The summed E-state index contributed by atoms with van der Waals surface area (Å²) in [7, 11) is -1.84. The molecule has 1 aliphatic heterocycles. The Morgan fingerprint density at radius 2 is 1.00 bits per heavy atom. The summed E-state index contributed by atoms with van der Waals surface area (Å²) in [5.41, 5.74) is 19.9. The highest BCUT2D eigenvalue weighted by Crippen LogP contribution is 2.51. The molecule has 2 aliphatic rings. The number of rotatable bonds is 6. The van der Waals surface area contributed by atoms with Crippen molar-refractivity contribution in [1.82, 2.24) is 4.57 Å². The number of anilines is 3. The minimum atomic E-state index is -1.84. The summed E-state index contributed by atoms with van der Waals surface area (Å²) in [6.45, 7) is 9.75. The molecular weight excluding hydrogens is 813 g/mol. The second-order valence-electron chi connectivity index (χ2n) is 19.4. The van der Waals surface area contributed by atoms with E-state index in [9.17, 15) is 0 Å². The minimum absolute atomic E-state index is 0.122. The molecule has 0 bridgehead atoms. The lowest BCUT2D eigenvalue weighted by Gasteiger charge is -2.29. The molecular formula is C63H48N2Si. The van der Waals surface area contributed by atoms with Gasteiger partial charge in [-0.25, -0.2) is 0 Å². The van der Waals surface area contributed by atoms with E-state index < -0.39 is 8.07 Å². The smallest absolute Gasteiger partial charge is 0.113 e. The van der Waals surface area contributed by atoms with Gasteiger partial charge in [-0.1, -0.05) is 173 Å². The first-order chi connectivity index (χ1) is 32.2. The van der Waals surface area contributed by atoms with E-state index in [0.29, 0.717) is 0 Å². The van der Waals surface area contributed by atoms with Crippen LogP contribution in [-0.2, 0) is 5.41 Å². The summed E-state index contributed by atoms with van der Waals surface area (Å²) in [5, 5.41) is 8.24. The van der Waals surface area contributed by atoms with E-state index in [1.54, 1.807) is 0 Å². The Morgan fingerprint density at radius 3 is 1.77 bits per heavy atom. The predicted octanol–water partition coefficient (Wildman–Crippen LogP) is 15.8. The summed E-state index contributed by atoms with van der Waals surface area (Å²) >= 11 is 0. The fourth-order valence-electron chi connectivity index (χ4n) is 11.6. The molecule has 0 atom stereocenters. The van der Waals surface area contributed by atoms with Crippen LogP contribution in [0.3, 0.4) is 0 Å².